The van der Waals surface area contributed by atoms with Crippen LogP contribution in [0, 0.1) is 0 Å². The average Bonchev–Trinajstić information content (AvgIpc) is 2.64. The van der Waals surface area contributed by atoms with E-state index in [1.54, 1.807) is 12.1 Å². The van der Waals surface area contributed by atoms with Crippen LogP contribution in [0.4, 0.5) is 0 Å². The van der Waals surface area contributed by atoms with Gasteiger partial charge < -0.3 is 4.74 Å². The van der Waals surface area contributed by atoms with Crippen LogP contribution >= 0.6 is 0 Å². The van der Waals surface area contributed by atoms with E-state index in [4.69, 9.17) is 4.74 Å². The Balaban J connectivity index is 1.78. The SMILES string of the molecule is C=CCc1ccccc1Oc1ccc(C(=O)c2ccccc2)cc1. The molecule has 3 rings (SSSR count). The zero-order valence-electron chi connectivity index (χ0n) is 13.3. The van der Waals surface area contributed by atoms with Crippen LogP contribution in [0.3, 0.4) is 0 Å². The number of carbonyl (C=O) groups is 1. The molecule has 0 bridgehead atoms. The van der Waals surface area contributed by atoms with Crippen molar-refractivity contribution in [2.24, 2.45) is 0 Å². The van der Waals surface area contributed by atoms with Crippen molar-refractivity contribution in [3.8, 4) is 11.5 Å². The fourth-order valence-electron chi connectivity index (χ4n) is 2.49. The molecule has 0 radical (unpaired) electrons. The second kappa shape index (κ2) is 7.42. The number of para-hydroxylation sites is 1. The lowest BCUT2D eigenvalue weighted by Gasteiger charge is -2.10. The van der Waals surface area contributed by atoms with E-state index in [1.165, 1.54) is 0 Å². The fraction of sp³-hybridized carbons (Fsp3) is 0.0455. The molecule has 24 heavy (non-hydrogen) atoms. The third kappa shape index (κ3) is 3.61. The predicted octanol–water partition coefficient (Wildman–Crippen LogP) is 5.44. The summed E-state index contributed by atoms with van der Waals surface area (Å²) in [4.78, 5) is 12.4. The molecule has 0 spiro atoms. The summed E-state index contributed by atoms with van der Waals surface area (Å²) in [6.45, 7) is 3.77. The minimum atomic E-state index is 0.00853. The highest BCUT2D eigenvalue weighted by Gasteiger charge is 2.09. The van der Waals surface area contributed by atoms with Crippen LogP contribution in [0.5, 0.6) is 11.5 Å². The number of hydrogen-bond acceptors (Lipinski definition) is 2. The normalized spacial score (nSPS) is 10.2. The van der Waals surface area contributed by atoms with Crippen LogP contribution in [-0.2, 0) is 6.42 Å². The molecule has 0 heterocycles. The summed E-state index contributed by atoms with van der Waals surface area (Å²) >= 11 is 0. The maximum atomic E-state index is 12.4. The van der Waals surface area contributed by atoms with Crippen molar-refractivity contribution in [2.75, 3.05) is 0 Å². The van der Waals surface area contributed by atoms with Gasteiger partial charge in [0.15, 0.2) is 5.78 Å². The number of carbonyl (C=O) groups excluding carboxylic acids is 1. The van der Waals surface area contributed by atoms with Crippen LogP contribution in [0.2, 0.25) is 0 Å². The monoisotopic (exact) mass is 314 g/mol. The standard InChI is InChI=1S/C22H18O2/c1-2-8-17-9-6-7-12-21(17)24-20-15-13-19(14-16-20)22(23)18-10-4-3-5-11-18/h2-7,9-16H,1,8H2. The molecule has 0 aliphatic rings. The minimum absolute atomic E-state index is 0.00853. The number of allylic oxidation sites excluding steroid dienone is 1. The third-order valence-corrected chi connectivity index (χ3v) is 3.72. The Labute approximate surface area is 142 Å². The van der Waals surface area contributed by atoms with Crippen LogP contribution in [-0.4, -0.2) is 5.78 Å². The van der Waals surface area contributed by atoms with Gasteiger partial charge in [0.2, 0.25) is 0 Å². The largest absolute Gasteiger partial charge is 0.457 e. The summed E-state index contributed by atoms with van der Waals surface area (Å²) < 4.78 is 5.94. The molecule has 0 aliphatic heterocycles. The molecule has 0 amide bonds. The summed E-state index contributed by atoms with van der Waals surface area (Å²) in [7, 11) is 0. The van der Waals surface area contributed by atoms with E-state index in [0.717, 1.165) is 17.7 Å². The third-order valence-electron chi connectivity index (χ3n) is 3.72. The summed E-state index contributed by atoms with van der Waals surface area (Å²) in [5, 5.41) is 0. The van der Waals surface area contributed by atoms with E-state index < -0.39 is 0 Å². The Morgan fingerprint density at radius 2 is 1.46 bits per heavy atom. The molecule has 0 unspecified atom stereocenters. The first-order valence-electron chi connectivity index (χ1n) is 7.84. The Morgan fingerprint density at radius 1 is 0.833 bits per heavy atom. The first kappa shape index (κ1) is 15.8. The van der Waals surface area contributed by atoms with E-state index in [0.29, 0.717) is 16.9 Å². The second-order valence-corrected chi connectivity index (χ2v) is 5.42. The number of ketones is 1. The lowest BCUT2D eigenvalue weighted by molar-refractivity contribution is 0.103. The first-order valence-corrected chi connectivity index (χ1v) is 7.84. The fourth-order valence-corrected chi connectivity index (χ4v) is 2.49. The van der Waals surface area contributed by atoms with E-state index in [1.807, 2.05) is 72.8 Å². The summed E-state index contributed by atoms with van der Waals surface area (Å²) in [5.41, 5.74) is 2.41. The number of benzene rings is 3. The van der Waals surface area contributed by atoms with Crippen molar-refractivity contribution in [1.82, 2.24) is 0 Å². The van der Waals surface area contributed by atoms with Gasteiger partial charge in [0.25, 0.3) is 0 Å². The Bertz CT molecular complexity index is 833. The lowest BCUT2D eigenvalue weighted by Crippen LogP contribution is -2.00. The molecule has 0 saturated heterocycles. The average molecular weight is 314 g/mol. The topological polar surface area (TPSA) is 26.3 Å². The van der Waals surface area contributed by atoms with Gasteiger partial charge in [-0.3, -0.25) is 4.79 Å². The first-order chi connectivity index (χ1) is 11.8. The van der Waals surface area contributed by atoms with Gasteiger partial charge >= 0.3 is 0 Å². The molecule has 2 heteroatoms. The van der Waals surface area contributed by atoms with E-state index in [2.05, 4.69) is 6.58 Å². The predicted molar refractivity (Wildman–Crippen MR) is 96.7 cm³/mol. The molecule has 118 valence electrons. The Morgan fingerprint density at radius 3 is 2.17 bits per heavy atom. The highest BCUT2D eigenvalue weighted by atomic mass is 16.5. The van der Waals surface area contributed by atoms with Gasteiger partial charge in [0, 0.05) is 11.1 Å². The molecule has 0 atom stereocenters. The highest BCUT2D eigenvalue weighted by molar-refractivity contribution is 6.08. The molecule has 0 aliphatic carbocycles. The van der Waals surface area contributed by atoms with Gasteiger partial charge in [-0.1, -0.05) is 54.6 Å². The number of ether oxygens (including phenoxy) is 1. The van der Waals surface area contributed by atoms with Gasteiger partial charge in [-0.05, 0) is 42.3 Å². The van der Waals surface area contributed by atoms with Crippen LogP contribution < -0.4 is 4.74 Å². The Kier molecular flexibility index (Phi) is 4.87. The van der Waals surface area contributed by atoms with Gasteiger partial charge in [0.05, 0.1) is 0 Å². The van der Waals surface area contributed by atoms with E-state index in [-0.39, 0.29) is 5.78 Å². The maximum Gasteiger partial charge on any atom is 0.193 e. The van der Waals surface area contributed by atoms with Gasteiger partial charge in [-0.2, -0.15) is 0 Å². The molecular formula is C22H18O2. The van der Waals surface area contributed by atoms with Crippen molar-refractivity contribution >= 4 is 5.78 Å². The number of rotatable bonds is 6. The molecule has 3 aromatic rings. The quantitative estimate of drug-likeness (QED) is 0.447. The second-order valence-electron chi connectivity index (χ2n) is 5.42. The highest BCUT2D eigenvalue weighted by Crippen LogP contribution is 2.26. The summed E-state index contributed by atoms with van der Waals surface area (Å²) in [5.74, 6) is 1.52. The summed E-state index contributed by atoms with van der Waals surface area (Å²) in [6, 6.07) is 24.4. The van der Waals surface area contributed by atoms with Crippen molar-refractivity contribution < 1.29 is 9.53 Å². The minimum Gasteiger partial charge on any atom is -0.457 e. The van der Waals surface area contributed by atoms with Crippen LogP contribution in [0.15, 0.2) is 91.5 Å². The molecule has 3 aromatic carbocycles. The lowest BCUT2D eigenvalue weighted by atomic mass is 10.0. The van der Waals surface area contributed by atoms with Crippen LogP contribution in [0.1, 0.15) is 21.5 Å². The van der Waals surface area contributed by atoms with Gasteiger partial charge in [0.1, 0.15) is 11.5 Å². The van der Waals surface area contributed by atoms with Gasteiger partial charge in [-0.25, -0.2) is 0 Å². The van der Waals surface area contributed by atoms with Crippen molar-refractivity contribution in [2.45, 2.75) is 6.42 Å². The molecule has 2 nitrogen and oxygen atoms in total. The molecule has 0 saturated carbocycles. The van der Waals surface area contributed by atoms with E-state index >= 15 is 0 Å². The number of hydrogen-bond donors (Lipinski definition) is 0. The zero-order chi connectivity index (χ0) is 16.8. The molecule has 0 N–H and O–H groups in total. The van der Waals surface area contributed by atoms with Crippen molar-refractivity contribution in [3.63, 3.8) is 0 Å². The van der Waals surface area contributed by atoms with Crippen molar-refractivity contribution in [1.29, 1.82) is 0 Å². The van der Waals surface area contributed by atoms with Crippen LogP contribution in [0.25, 0.3) is 0 Å². The molecule has 0 aromatic heterocycles. The molecular weight excluding hydrogens is 296 g/mol. The summed E-state index contributed by atoms with van der Waals surface area (Å²) in [6.07, 6.45) is 2.60. The zero-order valence-corrected chi connectivity index (χ0v) is 13.3. The van der Waals surface area contributed by atoms with Crippen molar-refractivity contribution in [3.05, 3.63) is 108 Å². The Hall–Kier alpha value is -3.13. The van der Waals surface area contributed by atoms with Gasteiger partial charge in [-0.15, -0.1) is 6.58 Å². The molecule has 0 fully saturated rings. The van der Waals surface area contributed by atoms with E-state index in [9.17, 15) is 4.79 Å². The maximum absolute atomic E-state index is 12.4. The smallest absolute Gasteiger partial charge is 0.193 e.